The second-order valence-corrected chi connectivity index (χ2v) is 15.1. The Balaban J connectivity index is 1.07. The Hall–Kier alpha value is -6.31. The minimum absolute atomic E-state index is 0.0230. The first-order valence-corrected chi connectivity index (χ1v) is 18.7. The Kier molecular flexibility index (Phi) is 7.37. The molecule has 252 valence electrons. The van der Waals surface area contributed by atoms with E-state index in [4.69, 9.17) is 4.99 Å². The van der Waals surface area contributed by atoms with Crippen LogP contribution in [0.3, 0.4) is 0 Å². The fraction of sp³-hybridized carbons (Fsp3) is 0.0962. The molecule has 1 heteroatoms. The van der Waals surface area contributed by atoms with E-state index >= 15 is 0 Å². The van der Waals surface area contributed by atoms with E-state index in [-0.39, 0.29) is 5.41 Å². The fourth-order valence-corrected chi connectivity index (χ4v) is 8.67. The van der Waals surface area contributed by atoms with Crippen LogP contribution in [-0.4, -0.2) is 5.71 Å². The van der Waals surface area contributed by atoms with Crippen LogP contribution in [0.15, 0.2) is 181 Å². The molecule has 1 nitrogen and oxygen atoms in total. The van der Waals surface area contributed by atoms with Gasteiger partial charge < -0.3 is 0 Å². The molecular formula is C52H39N. The maximum Gasteiger partial charge on any atom is 0.0669 e. The first-order valence-electron chi connectivity index (χ1n) is 18.7. The molecule has 1 aliphatic heterocycles. The van der Waals surface area contributed by atoms with Crippen LogP contribution in [0.5, 0.6) is 0 Å². The normalized spacial score (nSPS) is 15.9. The number of fused-ring (bicyclic) bond motifs is 6. The molecule has 53 heavy (non-hydrogen) atoms. The lowest BCUT2D eigenvalue weighted by Crippen LogP contribution is -2.14. The third-order valence-electron chi connectivity index (χ3n) is 11.6. The van der Waals surface area contributed by atoms with Gasteiger partial charge in [-0.1, -0.05) is 166 Å². The van der Waals surface area contributed by atoms with Gasteiger partial charge in [-0.05, 0) is 113 Å². The third-order valence-corrected chi connectivity index (χ3v) is 11.6. The molecule has 10 rings (SSSR count). The molecule has 0 spiro atoms. The van der Waals surface area contributed by atoms with E-state index in [1.165, 1.54) is 76.8 Å². The number of aliphatic imine (C=N–C) groups is 1. The Morgan fingerprint density at radius 2 is 0.962 bits per heavy atom. The molecule has 0 saturated carbocycles. The molecule has 0 fully saturated rings. The Bertz CT molecular complexity index is 2860. The molecule has 0 saturated heterocycles. The second kappa shape index (κ2) is 12.4. The molecule has 1 aliphatic carbocycles. The molecule has 0 atom stereocenters. The van der Waals surface area contributed by atoms with E-state index in [9.17, 15) is 0 Å². The summed E-state index contributed by atoms with van der Waals surface area (Å²) in [5.41, 5.74) is 15.1. The lowest BCUT2D eigenvalue weighted by molar-refractivity contribution is 0.660. The first-order chi connectivity index (χ1) is 26.0. The van der Waals surface area contributed by atoms with Crippen molar-refractivity contribution in [3.05, 3.63) is 204 Å². The van der Waals surface area contributed by atoms with E-state index in [1.54, 1.807) is 0 Å². The standard InChI is InChI=1S/C52H39N/c1-52(2)47-16-8-7-14-46(47)51-45(15-9-17-48(51)52)41-23-19-37-18-22-40(32-44(37)33-41)36-26-28-49(42-24-20-34-10-3-5-12-38(34)30-42)53-50(29-27-36)43-25-21-35-11-4-6-13-39(35)31-43/h3-26,29-33H,27-28H2,1-2H3/b36-26-,50-29?,53-49?. The maximum atomic E-state index is 5.40. The van der Waals surface area contributed by atoms with E-state index < -0.39 is 0 Å². The number of benzene rings is 8. The van der Waals surface area contributed by atoms with Gasteiger partial charge in [-0.25, -0.2) is 0 Å². The van der Waals surface area contributed by atoms with Gasteiger partial charge in [0.25, 0.3) is 0 Å². The van der Waals surface area contributed by atoms with Crippen LogP contribution in [0.2, 0.25) is 0 Å². The van der Waals surface area contributed by atoms with Gasteiger partial charge in [0.1, 0.15) is 0 Å². The minimum Gasteiger partial charge on any atom is -0.252 e. The molecule has 0 radical (unpaired) electrons. The summed E-state index contributed by atoms with van der Waals surface area (Å²) in [7, 11) is 0. The van der Waals surface area contributed by atoms with Crippen LogP contribution in [0.25, 0.3) is 65.8 Å². The summed E-state index contributed by atoms with van der Waals surface area (Å²) in [4.78, 5) is 5.40. The average molecular weight is 678 g/mol. The quantitative estimate of drug-likeness (QED) is 0.176. The summed E-state index contributed by atoms with van der Waals surface area (Å²) < 4.78 is 0. The van der Waals surface area contributed by atoms with Gasteiger partial charge >= 0.3 is 0 Å². The molecule has 8 aromatic carbocycles. The van der Waals surface area contributed by atoms with Gasteiger partial charge in [-0.2, -0.15) is 0 Å². The number of rotatable bonds is 4. The third kappa shape index (κ3) is 5.43. The minimum atomic E-state index is -0.0230. The van der Waals surface area contributed by atoms with Crippen molar-refractivity contribution in [1.82, 2.24) is 0 Å². The lowest BCUT2D eigenvalue weighted by atomic mass is 9.82. The zero-order chi connectivity index (χ0) is 35.5. The zero-order valence-electron chi connectivity index (χ0n) is 30.1. The van der Waals surface area contributed by atoms with Crippen LogP contribution >= 0.6 is 0 Å². The molecule has 0 amide bonds. The summed E-state index contributed by atoms with van der Waals surface area (Å²) in [5.74, 6) is 0. The summed E-state index contributed by atoms with van der Waals surface area (Å²) in [6.07, 6.45) is 6.28. The Labute approximate surface area is 311 Å². The second-order valence-electron chi connectivity index (χ2n) is 15.1. The van der Waals surface area contributed by atoms with Crippen molar-refractivity contribution in [2.45, 2.75) is 32.1 Å². The van der Waals surface area contributed by atoms with Crippen LogP contribution in [0.1, 0.15) is 54.5 Å². The first kappa shape index (κ1) is 31.4. The largest absolute Gasteiger partial charge is 0.252 e. The highest BCUT2D eigenvalue weighted by Crippen LogP contribution is 2.52. The molecule has 2 aliphatic rings. The van der Waals surface area contributed by atoms with E-state index in [0.717, 1.165) is 35.4 Å². The number of hydrogen-bond donors (Lipinski definition) is 0. The van der Waals surface area contributed by atoms with Gasteiger partial charge in [-0.15, -0.1) is 0 Å². The van der Waals surface area contributed by atoms with E-state index in [2.05, 4.69) is 190 Å². The van der Waals surface area contributed by atoms with E-state index in [1.807, 2.05) is 0 Å². The number of hydrogen-bond acceptors (Lipinski definition) is 1. The number of nitrogens with zero attached hydrogens (tertiary/aromatic N) is 1. The Morgan fingerprint density at radius 1 is 0.415 bits per heavy atom. The lowest BCUT2D eigenvalue weighted by Gasteiger charge is -2.21. The topological polar surface area (TPSA) is 12.4 Å². The molecule has 0 N–H and O–H groups in total. The molecule has 8 aromatic rings. The molecule has 0 aromatic heterocycles. The Morgan fingerprint density at radius 3 is 1.74 bits per heavy atom. The fourth-order valence-electron chi connectivity index (χ4n) is 8.67. The summed E-state index contributed by atoms with van der Waals surface area (Å²) in [5, 5.41) is 7.46. The van der Waals surface area contributed by atoms with Gasteiger partial charge in [0.05, 0.1) is 11.4 Å². The predicted octanol–water partition coefficient (Wildman–Crippen LogP) is 13.8. The van der Waals surface area contributed by atoms with Gasteiger partial charge in [-0.3, -0.25) is 4.99 Å². The van der Waals surface area contributed by atoms with Crippen molar-refractivity contribution in [2.75, 3.05) is 0 Å². The van der Waals surface area contributed by atoms with Crippen molar-refractivity contribution >= 4 is 49.3 Å². The van der Waals surface area contributed by atoms with Crippen LogP contribution in [0.4, 0.5) is 0 Å². The summed E-state index contributed by atoms with van der Waals surface area (Å²) in [6, 6.07) is 60.3. The highest BCUT2D eigenvalue weighted by atomic mass is 14.8. The maximum absolute atomic E-state index is 5.40. The predicted molar refractivity (Wildman–Crippen MR) is 227 cm³/mol. The average Bonchev–Trinajstić information content (AvgIpc) is 3.43. The number of allylic oxidation sites excluding steroid dienone is 3. The molecule has 0 bridgehead atoms. The van der Waals surface area contributed by atoms with Crippen molar-refractivity contribution in [1.29, 1.82) is 0 Å². The molecule has 0 unspecified atom stereocenters. The van der Waals surface area contributed by atoms with Crippen LogP contribution in [0, 0.1) is 0 Å². The smallest absolute Gasteiger partial charge is 0.0669 e. The van der Waals surface area contributed by atoms with Crippen molar-refractivity contribution in [2.24, 2.45) is 4.99 Å². The molecule has 1 heterocycles. The van der Waals surface area contributed by atoms with Gasteiger partial charge in [0.2, 0.25) is 0 Å². The molecular weight excluding hydrogens is 639 g/mol. The zero-order valence-corrected chi connectivity index (χ0v) is 30.1. The summed E-state index contributed by atoms with van der Waals surface area (Å²) >= 11 is 0. The highest BCUT2D eigenvalue weighted by molar-refractivity contribution is 6.08. The van der Waals surface area contributed by atoms with Crippen molar-refractivity contribution < 1.29 is 0 Å². The van der Waals surface area contributed by atoms with Gasteiger partial charge in [0, 0.05) is 17.4 Å². The monoisotopic (exact) mass is 677 g/mol. The van der Waals surface area contributed by atoms with Crippen LogP contribution < -0.4 is 0 Å². The van der Waals surface area contributed by atoms with Gasteiger partial charge in [0.15, 0.2) is 0 Å². The SMILES string of the molecule is CC1(C)c2ccccc2-c2c(-c3ccc4ccc(/C5=C\CC(c6ccc7ccccc7c6)=NC(c6ccc7ccccc7c6)=CC5)cc4c3)cccc21. The van der Waals surface area contributed by atoms with Crippen molar-refractivity contribution in [3.63, 3.8) is 0 Å². The van der Waals surface area contributed by atoms with Crippen molar-refractivity contribution in [3.8, 4) is 22.3 Å². The van der Waals surface area contributed by atoms with E-state index in [0.29, 0.717) is 0 Å². The highest BCUT2D eigenvalue weighted by Gasteiger charge is 2.36. The summed E-state index contributed by atoms with van der Waals surface area (Å²) in [6.45, 7) is 4.71. The van der Waals surface area contributed by atoms with Crippen LogP contribution in [-0.2, 0) is 5.41 Å².